The molecule has 0 amide bonds. The molecule has 1 aliphatic rings. The fourth-order valence-corrected chi connectivity index (χ4v) is 2.64. The number of para-hydroxylation sites is 1. The number of benzene rings is 2. The number of nitrogens with zero attached hydrogens (tertiary/aromatic N) is 1. The van der Waals surface area contributed by atoms with Crippen molar-refractivity contribution in [2.24, 2.45) is 0 Å². The van der Waals surface area contributed by atoms with Crippen molar-refractivity contribution in [2.45, 2.75) is 6.92 Å². The smallest absolute Gasteiger partial charge is 0.137 e. The number of hydrazine groups is 1. The van der Waals surface area contributed by atoms with E-state index in [4.69, 9.17) is 11.6 Å². The van der Waals surface area contributed by atoms with Crippen LogP contribution in [0.3, 0.4) is 0 Å². The number of allylic oxidation sites excluding steroid dienone is 3. The molecule has 0 saturated heterocycles. The minimum Gasteiger partial charge on any atom is -0.283 e. The van der Waals surface area contributed by atoms with Crippen LogP contribution in [-0.4, -0.2) is 0 Å². The Morgan fingerprint density at radius 1 is 1.00 bits per heavy atom. The molecule has 2 nitrogen and oxygen atoms in total. The minimum atomic E-state index is -1.00. The molecular weight excluding hydrogens is 325 g/mol. The highest BCUT2D eigenvalue weighted by atomic mass is 35.5. The van der Waals surface area contributed by atoms with E-state index in [0.717, 1.165) is 5.69 Å². The minimum absolute atomic E-state index is 0.0452. The molecule has 2 aromatic rings. The highest BCUT2D eigenvalue weighted by Gasteiger charge is 2.23. The van der Waals surface area contributed by atoms with Crippen LogP contribution in [0.2, 0.25) is 0 Å². The van der Waals surface area contributed by atoms with Gasteiger partial charge in [0.1, 0.15) is 22.6 Å². The average Bonchev–Trinajstić information content (AvgIpc) is 2.50. The molecule has 1 aliphatic heterocycles. The number of hydrogen-bond acceptors (Lipinski definition) is 2. The Morgan fingerprint density at radius 2 is 1.61 bits per heavy atom. The first-order valence-electron chi connectivity index (χ1n) is 6.82. The van der Waals surface area contributed by atoms with Crippen molar-refractivity contribution in [3.63, 3.8) is 0 Å². The van der Waals surface area contributed by atoms with Crippen LogP contribution >= 0.6 is 11.6 Å². The van der Waals surface area contributed by atoms with Crippen molar-refractivity contribution < 1.29 is 13.2 Å². The summed E-state index contributed by atoms with van der Waals surface area (Å²) in [6.45, 7) is 1.77. The first kappa shape index (κ1) is 15.5. The van der Waals surface area contributed by atoms with Crippen molar-refractivity contribution >= 4 is 22.9 Å². The Morgan fingerprint density at radius 3 is 2.22 bits per heavy atom. The Kier molecular flexibility index (Phi) is 4.05. The second-order valence-corrected chi connectivity index (χ2v) is 5.42. The van der Waals surface area contributed by atoms with Gasteiger partial charge in [-0.2, -0.15) is 0 Å². The van der Waals surface area contributed by atoms with E-state index < -0.39 is 17.5 Å². The molecular formula is C17H12ClF3N2. The van der Waals surface area contributed by atoms with Gasteiger partial charge in [-0.25, -0.2) is 13.2 Å². The van der Waals surface area contributed by atoms with Crippen LogP contribution in [0.15, 0.2) is 59.4 Å². The first-order chi connectivity index (χ1) is 11.0. The van der Waals surface area contributed by atoms with E-state index >= 15 is 0 Å². The first-order valence-corrected chi connectivity index (χ1v) is 7.20. The maximum absolute atomic E-state index is 14.0. The third-order valence-corrected chi connectivity index (χ3v) is 3.73. The van der Waals surface area contributed by atoms with Crippen LogP contribution < -0.4 is 10.4 Å². The molecule has 0 radical (unpaired) electrons. The number of halogens is 4. The van der Waals surface area contributed by atoms with Gasteiger partial charge in [0.05, 0.1) is 11.3 Å². The van der Waals surface area contributed by atoms with Crippen molar-refractivity contribution in [2.75, 3.05) is 5.01 Å². The van der Waals surface area contributed by atoms with E-state index in [1.165, 1.54) is 0 Å². The highest BCUT2D eigenvalue weighted by Crippen LogP contribution is 2.33. The van der Waals surface area contributed by atoms with Gasteiger partial charge in [0.15, 0.2) is 0 Å². The summed E-state index contributed by atoms with van der Waals surface area (Å²) in [6.07, 6.45) is 1.55. The van der Waals surface area contributed by atoms with Gasteiger partial charge in [0.25, 0.3) is 0 Å². The molecule has 0 bridgehead atoms. The van der Waals surface area contributed by atoms with Crippen LogP contribution in [0.1, 0.15) is 12.5 Å². The fraction of sp³-hybridized carbons (Fsp3) is 0.0588. The van der Waals surface area contributed by atoms with Gasteiger partial charge in [-0.05, 0) is 25.1 Å². The van der Waals surface area contributed by atoms with Gasteiger partial charge in [-0.15, -0.1) is 0 Å². The number of hydrogen-bond donors (Lipinski definition) is 1. The molecule has 0 unspecified atom stereocenters. The molecule has 1 heterocycles. The summed E-state index contributed by atoms with van der Waals surface area (Å²) in [4.78, 5) is 0. The molecule has 0 aliphatic carbocycles. The van der Waals surface area contributed by atoms with E-state index in [1.54, 1.807) is 18.0 Å². The highest BCUT2D eigenvalue weighted by molar-refractivity contribution is 6.33. The van der Waals surface area contributed by atoms with E-state index in [1.807, 2.05) is 30.3 Å². The van der Waals surface area contributed by atoms with Gasteiger partial charge in [0, 0.05) is 23.4 Å². The number of anilines is 1. The normalized spacial score (nSPS) is 14.7. The predicted octanol–water partition coefficient (Wildman–Crippen LogP) is 4.94. The fourth-order valence-electron chi connectivity index (χ4n) is 2.41. The molecule has 2 aromatic carbocycles. The summed E-state index contributed by atoms with van der Waals surface area (Å²) in [5.41, 5.74) is 4.15. The Labute approximate surface area is 136 Å². The van der Waals surface area contributed by atoms with E-state index in [2.05, 4.69) is 5.43 Å². The Balaban J connectivity index is 2.04. The van der Waals surface area contributed by atoms with Crippen LogP contribution in [0.5, 0.6) is 0 Å². The zero-order chi connectivity index (χ0) is 16.6. The summed E-state index contributed by atoms with van der Waals surface area (Å²) < 4.78 is 41.0. The van der Waals surface area contributed by atoms with Crippen molar-refractivity contribution in [3.8, 4) is 0 Å². The summed E-state index contributed by atoms with van der Waals surface area (Å²) in [6, 6.07) is 10.6. The third kappa shape index (κ3) is 2.92. The monoisotopic (exact) mass is 336 g/mol. The zero-order valence-electron chi connectivity index (χ0n) is 12.1. The van der Waals surface area contributed by atoms with Crippen LogP contribution in [0, 0.1) is 17.5 Å². The molecule has 0 saturated carbocycles. The Bertz CT molecular complexity index is 793. The van der Waals surface area contributed by atoms with Gasteiger partial charge in [-0.3, -0.25) is 10.4 Å². The van der Waals surface area contributed by atoms with Crippen LogP contribution in [0.4, 0.5) is 18.9 Å². The summed E-state index contributed by atoms with van der Waals surface area (Å²) in [5.74, 6) is -2.99. The second-order valence-electron chi connectivity index (χ2n) is 5.04. The predicted molar refractivity (Wildman–Crippen MR) is 84.9 cm³/mol. The van der Waals surface area contributed by atoms with E-state index in [9.17, 15) is 13.2 Å². The summed E-state index contributed by atoms with van der Waals surface area (Å²) >= 11 is 6.17. The largest absolute Gasteiger partial charge is 0.283 e. The van der Waals surface area contributed by atoms with Crippen molar-refractivity contribution in [1.29, 1.82) is 0 Å². The van der Waals surface area contributed by atoms with Crippen molar-refractivity contribution in [3.05, 3.63) is 82.4 Å². The third-order valence-electron chi connectivity index (χ3n) is 3.44. The molecule has 118 valence electrons. The molecule has 0 aromatic heterocycles. The molecule has 23 heavy (non-hydrogen) atoms. The molecule has 0 atom stereocenters. The van der Waals surface area contributed by atoms with Gasteiger partial charge >= 0.3 is 0 Å². The number of nitrogens with one attached hydrogen (secondary N) is 1. The van der Waals surface area contributed by atoms with Gasteiger partial charge < -0.3 is 0 Å². The molecule has 3 rings (SSSR count). The maximum atomic E-state index is 14.0. The van der Waals surface area contributed by atoms with Crippen molar-refractivity contribution in [1.82, 2.24) is 5.43 Å². The summed E-state index contributed by atoms with van der Waals surface area (Å²) in [7, 11) is 0. The molecule has 0 fully saturated rings. The van der Waals surface area contributed by atoms with E-state index in [-0.39, 0.29) is 16.3 Å². The van der Waals surface area contributed by atoms with Crippen LogP contribution in [0.25, 0.3) is 5.57 Å². The van der Waals surface area contributed by atoms with Crippen LogP contribution in [-0.2, 0) is 0 Å². The second kappa shape index (κ2) is 6.01. The zero-order valence-corrected chi connectivity index (χ0v) is 12.8. The SMILES string of the molecule is CC1=CC(c2c(F)cc(F)cc2F)=C(Cl)NN1c1ccccc1. The lowest BCUT2D eigenvalue weighted by Gasteiger charge is -2.31. The quantitative estimate of drug-likeness (QED) is 0.781. The molecule has 1 N–H and O–H groups in total. The van der Waals surface area contributed by atoms with Gasteiger partial charge in [-0.1, -0.05) is 29.8 Å². The summed E-state index contributed by atoms with van der Waals surface area (Å²) in [5, 5.41) is 1.73. The standard InChI is InChI=1S/C17H12ClF3N2/c1-10-7-13(16-14(20)8-11(19)9-15(16)21)17(18)22-23(10)12-5-3-2-4-6-12/h2-9,22H,1H3. The lowest BCUT2D eigenvalue weighted by Crippen LogP contribution is -2.37. The molecule has 6 heteroatoms. The average molecular weight is 337 g/mol. The topological polar surface area (TPSA) is 15.3 Å². The lowest BCUT2D eigenvalue weighted by atomic mass is 10.0. The maximum Gasteiger partial charge on any atom is 0.137 e. The van der Waals surface area contributed by atoms with E-state index in [0.29, 0.717) is 17.8 Å². The number of rotatable bonds is 2. The Hall–Kier alpha value is -2.40. The molecule has 0 spiro atoms. The lowest BCUT2D eigenvalue weighted by molar-refractivity contribution is 0.539. The van der Waals surface area contributed by atoms with Gasteiger partial charge in [0.2, 0.25) is 0 Å².